The number of anilines is 1. The fraction of sp³-hybridized carbons (Fsp3) is 0.250. The molecular weight excluding hydrogens is 362 g/mol. The maximum absolute atomic E-state index is 12.4. The number of carbonyl (C=O) groups excluding carboxylic acids is 2. The number of carbonyl (C=O) groups is 2. The second kappa shape index (κ2) is 8.43. The van der Waals surface area contributed by atoms with E-state index in [1.54, 1.807) is 49.4 Å². The summed E-state index contributed by atoms with van der Waals surface area (Å²) in [5.74, 6) is -0.545. The van der Waals surface area contributed by atoms with Crippen LogP contribution in [0.4, 0.5) is 5.69 Å². The second-order valence-corrected chi connectivity index (χ2v) is 6.24. The molecule has 0 radical (unpaired) electrons. The lowest BCUT2D eigenvalue weighted by molar-refractivity contribution is -0.160. The molecule has 0 bridgehead atoms. The highest BCUT2D eigenvalue weighted by Crippen LogP contribution is 2.16. The summed E-state index contributed by atoms with van der Waals surface area (Å²) in [6.07, 6.45) is -1.42. The summed E-state index contributed by atoms with van der Waals surface area (Å²) in [4.78, 5) is 41.2. The quantitative estimate of drug-likeness (QED) is 0.543. The number of rotatable bonds is 7. The number of imidazole rings is 1. The summed E-state index contributed by atoms with van der Waals surface area (Å²) >= 11 is 0. The molecule has 8 nitrogen and oxygen atoms in total. The van der Waals surface area contributed by atoms with E-state index in [0.717, 1.165) is 0 Å². The lowest BCUT2D eigenvalue weighted by Gasteiger charge is -2.19. The Morgan fingerprint density at radius 2 is 1.79 bits per heavy atom. The Balaban J connectivity index is 1.60. The Kier molecular flexibility index (Phi) is 5.78. The number of aromatic amines is 2. The molecule has 0 fully saturated rings. The molecule has 3 N–H and O–H groups in total. The van der Waals surface area contributed by atoms with Crippen LogP contribution in [0.3, 0.4) is 0 Å². The summed E-state index contributed by atoms with van der Waals surface area (Å²) in [6, 6.07) is 13.9. The van der Waals surface area contributed by atoms with Gasteiger partial charge >= 0.3 is 11.7 Å². The van der Waals surface area contributed by atoms with E-state index in [9.17, 15) is 14.4 Å². The maximum atomic E-state index is 12.4. The summed E-state index contributed by atoms with van der Waals surface area (Å²) in [5.41, 5.74) is 1.34. The summed E-state index contributed by atoms with van der Waals surface area (Å²) in [6.45, 7) is 3.28. The third-order valence-electron chi connectivity index (χ3n) is 4.10. The molecule has 146 valence electrons. The van der Waals surface area contributed by atoms with Crippen molar-refractivity contribution in [1.82, 2.24) is 9.97 Å². The maximum Gasteiger partial charge on any atom is 0.348 e. The van der Waals surface area contributed by atoms with Gasteiger partial charge < -0.3 is 24.8 Å². The Bertz CT molecular complexity index is 1030. The van der Waals surface area contributed by atoms with Crippen LogP contribution in [0.25, 0.3) is 11.0 Å². The van der Waals surface area contributed by atoms with Crippen LogP contribution in [0.15, 0.2) is 53.3 Å². The van der Waals surface area contributed by atoms with E-state index in [2.05, 4.69) is 15.3 Å². The van der Waals surface area contributed by atoms with Crippen molar-refractivity contribution in [2.45, 2.75) is 32.5 Å². The Morgan fingerprint density at radius 3 is 2.50 bits per heavy atom. The smallest absolute Gasteiger partial charge is 0.348 e. The van der Waals surface area contributed by atoms with Crippen LogP contribution in [0.2, 0.25) is 0 Å². The van der Waals surface area contributed by atoms with Gasteiger partial charge in [-0.05, 0) is 43.7 Å². The van der Waals surface area contributed by atoms with Crippen molar-refractivity contribution in [2.24, 2.45) is 0 Å². The minimum Gasteiger partial charge on any atom is -0.479 e. The van der Waals surface area contributed by atoms with Crippen LogP contribution >= 0.6 is 0 Å². The van der Waals surface area contributed by atoms with Gasteiger partial charge in [0.1, 0.15) is 5.75 Å². The largest absolute Gasteiger partial charge is 0.479 e. The van der Waals surface area contributed by atoms with Gasteiger partial charge in [-0.1, -0.05) is 25.1 Å². The Labute approximate surface area is 160 Å². The van der Waals surface area contributed by atoms with E-state index < -0.39 is 24.1 Å². The summed E-state index contributed by atoms with van der Waals surface area (Å²) in [7, 11) is 0. The molecule has 0 aliphatic heterocycles. The number of hydrogen-bond donors (Lipinski definition) is 3. The third-order valence-corrected chi connectivity index (χ3v) is 4.10. The number of nitrogens with one attached hydrogen (secondary N) is 3. The van der Waals surface area contributed by atoms with Gasteiger partial charge in [-0.2, -0.15) is 0 Å². The van der Waals surface area contributed by atoms with Crippen molar-refractivity contribution in [2.75, 3.05) is 5.32 Å². The molecule has 0 aliphatic carbocycles. The first-order valence-corrected chi connectivity index (χ1v) is 8.91. The normalized spacial score (nSPS) is 12.9. The molecule has 0 unspecified atom stereocenters. The number of benzene rings is 2. The molecule has 8 heteroatoms. The summed E-state index contributed by atoms with van der Waals surface area (Å²) < 4.78 is 10.9. The number of H-pyrrole nitrogens is 2. The average molecular weight is 383 g/mol. The van der Waals surface area contributed by atoms with E-state index in [1.807, 2.05) is 6.07 Å². The number of ether oxygens (including phenoxy) is 2. The van der Waals surface area contributed by atoms with Crippen molar-refractivity contribution in [3.8, 4) is 5.75 Å². The van der Waals surface area contributed by atoms with Gasteiger partial charge in [0.25, 0.3) is 5.91 Å². The number of fused-ring (bicyclic) bond motifs is 1. The summed E-state index contributed by atoms with van der Waals surface area (Å²) in [5, 5.41) is 2.66. The molecule has 2 atom stereocenters. The van der Waals surface area contributed by atoms with Crippen molar-refractivity contribution < 1.29 is 19.1 Å². The second-order valence-electron chi connectivity index (χ2n) is 6.24. The minimum absolute atomic E-state index is 0.329. The minimum atomic E-state index is -1.01. The number of para-hydroxylation sites is 1. The van der Waals surface area contributed by atoms with Gasteiger partial charge in [-0.25, -0.2) is 9.59 Å². The first-order valence-electron chi connectivity index (χ1n) is 8.91. The highest BCUT2D eigenvalue weighted by atomic mass is 16.6. The number of amides is 1. The number of esters is 1. The highest BCUT2D eigenvalue weighted by Gasteiger charge is 2.25. The zero-order valence-corrected chi connectivity index (χ0v) is 15.5. The van der Waals surface area contributed by atoms with Gasteiger partial charge in [0.05, 0.1) is 11.0 Å². The van der Waals surface area contributed by atoms with Gasteiger partial charge in [0, 0.05) is 5.69 Å². The fourth-order valence-electron chi connectivity index (χ4n) is 2.62. The molecule has 3 rings (SSSR count). The average Bonchev–Trinajstić information content (AvgIpc) is 3.06. The van der Waals surface area contributed by atoms with E-state index in [-0.39, 0.29) is 5.69 Å². The van der Waals surface area contributed by atoms with Crippen molar-refractivity contribution in [3.05, 3.63) is 59.0 Å². The predicted octanol–water partition coefficient (Wildman–Crippen LogP) is 2.58. The molecule has 0 saturated carbocycles. The third kappa shape index (κ3) is 4.59. The SMILES string of the molecule is CC[C@H](Oc1ccccc1)C(=O)O[C@H](C)C(=O)Nc1ccc2[nH]c(=O)[nH]c2c1. The van der Waals surface area contributed by atoms with E-state index in [0.29, 0.717) is 28.9 Å². The van der Waals surface area contributed by atoms with Crippen LogP contribution in [-0.2, 0) is 14.3 Å². The number of aromatic nitrogens is 2. The van der Waals surface area contributed by atoms with Crippen molar-refractivity contribution >= 4 is 28.6 Å². The standard InChI is InChI=1S/C20H21N3O5/c1-3-17(28-14-7-5-4-6-8-14)19(25)27-12(2)18(24)21-13-9-10-15-16(11-13)23-20(26)22-15/h4-12,17H,3H2,1-2H3,(H,21,24)(H2,22,23,26)/t12-,17+/m1/s1. The van der Waals surface area contributed by atoms with E-state index >= 15 is 0 Å². The van der Waals surface area contributed by atoms with Crippen molar-refractivity contribution in [1.29, 1.82) is 0 Å². The van der Waals surface area contributed by atoms with Crippen LogP contribution in [0.5, 0.6) is 5.75 Å². The van der Waals surface area contributed by atoms with Crippen LogP contribution in [0.1, 0.15) is 20.3 Å². The van der Waals surface area contributed by atoms with Crippen molar-refractivity contribution in [3.63, 3.8) is 0 Å². The molecule has 0 saturated heterocycles. The van der Waals surface area contributed by atoms with Gasteiger partial charge in [0.2, 0.25) is 0 Å². The fourth-order valence-corrected chi connectivity index (χ4v) is 2.62. The molecule has 1 aromatic heterocycles. The molecule has 1 heterocycles. The zero-order valence-electron chi connectivity index (χ0n) is 15.5. The molecule has 2 aromatic carbocycles. The Morgan fingerprint density at radius 1 is 1.07 bits per heavy atom. The predicted molar refractivity (Wildman–Crippen MR) is 104 cm³/mol. The van der Waals surface area contributed by atoms with Gasteiger partial charge in [-0.15, -0.1) is 0 Å². The van der Waals surface area contributed by atoms with Crippen LogP contribution < -0.4 is 15.7 Å². The molecule has 28 heavy (non-hydrogen) atoms. The molecular formula is C20H21N3O5. The molecule has 0 aliphatic rings. The topological polar surface area (TPSA) is 113 Å². The first kappa shape index (κ1) is 19.2. The first-order chi connectivity index (χ1) is 13.5. The Hall–Kier alpha value is -3.55. The van der Waals surface area contributed by atoms with Gasteiger partial charge in [-0.3, -0.25) is 4.79 Å². The number of hydrogen-bond acceptors (Lipinski definition) is 5. The molecule has 3 aromatic rings. The lowest BCUT2D eigenvalue weighted by atomic mass is 10.2. The van der Waals surface area contributed by atoms with Gasteiger partial charge in [0.15, 0.2) is 12.2 Å². The molecule has 0 spiro atoms. The van der Waals surface area contributed by atoms with Crippen LogP contribution in [-0.4, -0.2) is 34.1 Å². The zero-order chi connectivity index (χ0) is 20.1. The van der Waals surface area contributed by atoms with E-state index in [4.69, 9.17) is 9.47 Å². The van der Waals surface area contributed by atoms with E-state index in [1.165, 1.54) is 6.92 Å². The molecule has 1 amide bonds. The highest BCUT2D eigenvalue weighted by molar-refractivity contribution is 5.96. The monoisotopic (exact) mass is 383 g/mol. The lowest BCUT2D eigenvalue weighted by Crippen LogP contribution is -2.36. The van der Waals surface area contributed by atoms with Crippen LogP contribution in [0, 0.1) is 0 Å².